The molecule has 2 aromatic heterocycles. The summed E-state index contributed by atoms with van der Waals surface area (Å²) in [4.78, 5) is 14.7. The molecule has 0 spiro atoms. The van der Waals surface area contributed by atoms with E-state index in [9.17, 15) is 4.79 Å². The molecule has 1 amide bonds. The average Bonchev–Trinajstić information content (AvgIpc) is 3.44. The van der Waals surface area contributed by atoms with Crippen LogP contribution in [0.25, 0.3) is 11.6 Å². The van der Waals surface area contributed by atoms with Crippen molar-refractivity contribution in [2.45, 2.75) is 24.5 Å². The van der Waals surface area contributed by atoms with Crippen LogP contribution in [-0.2, 0) is 18.4 Å². The minimum absolute atomic E-state index is 0.0696. The molecule has 0 unspecified atom stereocenters. The monoisotopic (exact) mass is 397 g/mol. The molecular weight excluding hydrogens is 374 g/mol. The minimum Gasteiger partial charge on any atom is -0.461 e. The van der Waals surface area contributed by atoms with E-state index >= 15 is 0 Å². The van der Waals surface area contributed by atoms with Gasteiger partial charge in [0.25, 0.3) is 0 Å². The van der Waals surface area contributed by atoms with Crippen molar-refractivity contribution in [1.29, 1.82) is 0 Å². The van der Waals surface area contributed by atoms with Gasteiger partial charge in [0, 0.05) is 19.3 Å². The third-order valence-electron chi connectivity index (χ3n) is 4.75. The summed E-state index contributed by atoms with van der Waals surface area (Å²) in [6.45, 7) is 3.34. The molecule has 1 aliphatic heterocycles. The topological polar surface area (TPSA) is 76.2 Å². The molecule has 0 bridgehead atoms. The molecule has 146 valence electrons. The van der Waals surface area contributed by atoms with Crippen LogP contribution in [-0.4, -0.2) is 44.4 Å². The second kappa shape index (κ2) is 8.62. The van der Waals surface area contributed by atoms with Gasteiger partial charge in [-0.2, -0.15) is 0 Å². The van der Waals surface area contributed by atoms with Crippen LogP contribution in [0.4, 0.5) is 5.69 Å². The first-order valence-electron chi connectivity index (χ1n) is 9.36. The highest BCUT2D eigenvalue weighted by molar-refractivity contribution is 7.99. The van der Waals surface area contributed by atoms with Crippen LogP contribution < -0.4 is 5.32 Å². The van der Waals surface area contributed by atoms with Crippen molar-refractivity contribution in [2.24, 2.45) is 7.05 Å². The molecule has 8 heteroatoms. The Morgan fingerprint density at radius 1 is 1.18 bits per heavy atom. The lowest BCUT2D eigenvalue weighted by atomic mass is 10.2. The number of amides is 1. The molecule has 0 radical (unpaired) electrons. The van der Waals surface area contributed by atoms with E-state index in [2.05, 4.69) is 32.5 Å². The number of rotatable bonds is 7. The summed E-state index contributed by atoms with van der Waals surface area (Å²) in [7, 11) is 1.86. The Kier molecular flexibility index (Phi) is 5.78. The maximum absolute atomic E-state index is 12.3. The zero-order chi connectivity index (χ0) is 19.3. The number of nitrogens with one attached hydrogen (secondary N) is 1. The van der Waals surface area contributed by atoms with Gasteiger partial charge in [-0.15, -0.1) is 10.2 Å². The van der Waals surface area contributed by atoms with Crippen molar-refractivity contribution in [2.75, 3.05) is 24.2 Å². The van der Waals surface area contributed by atoms with E-state index in [1.807, 2.05) is 29.8 Å². The summed E-state index contributed by atoms with van der Waals surface area (Å²) < 4.78 is 7.18. The quantitative estimate of drug-likeness (QED) is 0.616. The van der Waals surface area contributed by atoms with E-state index in [4.69, 9.17) is 4.42 Å². The third-order valence-corrected chi connectivity index (χ3v) is 5.77. The largest absolute Gasteiger partial charge is 0.461 e. The summed E-state index contributed by atoms with van der Waals surface area (Å²) in [6.07, 6.45) is 4.18. The normalized spacial score (nSPS) is 14.5. The maximum Gasteiger partial charge on any atom is 0.234 e. The lowest BCUT2D eigenvalue weighted by Gasteiger charge is -2.14. The van der Waals surface area contributed by atoms with Crippen LogP contribution in [0.5, 0.6) is 0 Å². The van der Waals surface area contributed by atoms with Gasteiger partial charge in [-0.3, -0.25) is 9.69 Å². The number of carbonyl (C=O) groups excluding carboxylic acids is 1. The zero-order valence-electron chi connectivity index (χ0n) is 15.8. The van der Waals surface area contributed by atoms with Crippen LogP contribution in [0.3, 0.4) is 0 Å². The SMILES string of the molecule is Cn1c(SCC(=O)Nc2ccc(CN3CCCC3)cc2)nnc1-c1ccco1. The molecular formula is C20H23N5O2S. The number of furan rings is 1. The van der Waals surface area contributed by atoms with Gasteiger partial charge in [-0.25, -0.2) is 0 Å². The molecule has 1 aromatic carbocycles. The van der Waals surface area contributed by atoms with Gasteiger partial charge in [0.1, 0.15) is 0 Å². The highest BCUT2D eigenvalue weighted by Gasteiger charge is 2.15. The summed E-state index contributed by atoms with van der Waals surface area (Å²) in [6, 6.07) is 11.7. The fourth-order valence-electron chi connectivity index (χ4n) is 3.28. The predicted octanol–water partition coefficient (Wildman–Crippen LogP) is 3.40. The van der Waals surface area contributed by atoms with Crippen molar-refractivity contribution in [1.82, 2.24) is 19.7 Å². The number of nitrogens with zero attached hydrogens (tertiary/aromatic N) is 4. The first-order chi connectivity index (χ1) is 13.7. The first-order valence-corrected chi connectivity index (χ1v) is 10.3. The first kappa shape index (κ1) is 18.8. The van der Waals surface area contributed by atoms with Gasteiger partial charge >= 0.3 is 0 Å². The van der Waals surface area contributed by atoms with E-state index in [0.29, 0.717) is 16.7 Å². The Hall–Kier alpha value is -2.58. The Morgan fingerprint density at radius 2 is 1.96 bits per heavy atom. The number of aromatic nitrogens is 3. The van der Waals surface area contributed by atoms with E-state index < -0.39 is 0 Å². The summed E-state index contributed by atoms with van der Waals surface area (Å²) >= 11 is 1.35. The summed E-state index contributed by atoms with van der Waals surface area (Å²) in [5, 5.41) is 11.9. The lowest BCUT2D eigenvalue weighted by molar-refractivity contribution is -0.113. The fraction of sp³-hybridized carbons (Fsp3) is 0.350. The summed E-state index contributed by atoms with van der Waals surface area (Å²) in [5.41, 5.74) is 2.09. The number of hydrogen-bond donors (Lipinski definition) is 1. The van der Waals surface area contributed by atoms with E-state index in [1.54, 1.807) is 12.3 Å². The maximum atomic E-state index is 12.3. The molecule has 7 nitrogen and oxygen atoms in total. The van der Waals surface area contributed by atoms with Gasteiger partial charge in [-0.1, -0.05) is 23.9 Å². The van der Waals surface area contributed by atoms with Crippen LogP contribution in [0.1, 0.15) is 18.4 Å². The fourth-order valence-corrected chi connectivity index (χ4v) is 3.99. The number of benzene rings is 1. The molecule has 1 aliphatic rings. The number of likely N-dealkylation sites (tertiary alicyclic amines) is 1. The van der Waals surface area contributed by atoms with Crippen LogP contribution in [0, 0.1) is 0 Å². The van der Waals surface area contributed by atoms with E-state index in [0.717, 1.165) is 12.2 Å². The summed E-state index contributed by atoms with van der Waals surface area (Å²) in [5.74, 6) is 1.49. The Morgan fingerprint density at radius 3 is 2.68 bits per heavy atom. The van der Waals surface area contributed by atoms with Crippen LogP contribution in [0.15, 0.2) is 52.2 Å². The molecule has 3 heterocycles. The van der Waals surface area contributed by atoms with Crippen molar-refractivity contribution < 1.29 is 9.21 Å². The standard InChI is InChI=1S/C20H23N5O2S/c1-24-19(17-5-4-12-27-17)22-23-20(24)28-14-18(26)21-16-8-6-15(7-9-16)13-25-10-2-3-11-25/h4-9,12H,2-3,10-11,13-14H2,1H3,(H,21,26). The average molecular weight is 398 g/mol. The smallest absolute Gasteiger partial charge is 0.234 e. The van der Waals surface area contributed by atoms with Gasteiger partial charge < -0.3 is 14.3 Å². The number of anilines is 1. The highest BCUT2D eigenvalue weighted by atomic mass is 32.2. The number of carbonyl (C=O) groups is 1. The van der Waals surface area contributed by atoms with Crippen LogP contribution in [0.2, 0.25) is 0 Å². The van der Waals surface area contributed by atoms with Crippen molar-refractivity contribution in [3.05, 3.63) is 48.2 Å². The molecule has 1 N–H and O–H groups in total. The van der Waals surface area contributed by atoms with Crippen molar-refractivity contribution >= 4 is 23.4 Å². The molecule has 0 aliphatic carbocycles. The van der Waals surface area contributed by atoms with Gasteiger partial charge in [-0.05, 0) is 55.8 Å². The van der Waals surface area contributed by atoms with E-state index in [-0.39, 0.29) is 11.7 Å². The molecule has 1 saturated heterocycles. The molecule has 28 heavy (non-hydrogen) atoms. The third kappa shape index (κ3) is 4.45. The number of thioether (sulfide) groups is 1. The molecule has 3 aromatic rings. The second-order valence-electron chi connectivity index (χ2n) is 6.86. The Labute approximate surface area is 168 Å². The van der Waals surface area contributed by atoms with E-state index in [1.165, 1.54) is 43.3 Å². The van der Waals surface area contributed by atoms with Crippen molar-refractivity contribution in [3.63, 3.8) is 0 Å². The predicted molar refractivity (Wildman–Crippen MR) is 109 cm³/mol. The molecule has 1 fully saturated rings. The van der Waals surface area contributed by atoms with Crippen LogP contribution >= 0.6 is 11.8 Å². The lowest BCUT2D eigenvalue weighted by Crippen LogP contribution is -2.18. The molecule has 0 atom stereocenters. The molecule has 0 saturated carbocycles. The molecule has 4 rings (SSSR count). The van der Waals surface area contributed by atoms with Gasteiger partial charge in [0.05, 0.1) is 12.0 Å². The highest BCUT2D eigenvalue weighted by Crippen LogP contribution is 2.23. The second-order valence-corrected chi connectivity index (χ2v) is 7.80. The zero-order valence-corrected chi connectivity index (χ0v) is 16.6. The van der Waals surface area contributed by atoms with Gasteiger partial charge in [0.2, 0.25) is 5.91 Å². The number of hydrogen-bond acceptors (Lipinski definition) is 6. The Bertz CT molecular complexity index is 915. The Balaban J connectivity index is 1.29. The minimum atomic E-state index is -0.0696. The van der Waals surface area contributed by atoms with Crippen molar-refractivity contribution in [3.8, 4) is 11.6 Å². The van der Waals surface area contributed by atoms with Gasteiger partial charge in [0.15, 0.2) is 16.7 Å².